The first kappa shape index (κ1) is 13.3. The van der Waals surface area contributed by atoms with Gasteiger partial charge in [0.1, 0.15) is 6.61 Å². The van der Waals surface area contributed by atoms with E-state index in [0.717, 1.165) is 5.56 Å². The number of methoxy groups -OCH3 is 1. The van der Waals surface area contributed by atoms with E-state index < -0.39 is 5.82 Å². The summed E-state index contributed by atoms with van der Waals surface area (Å²) in [6.07, 6.45) is 1.61. The second-order valence-corrected chi connectivity index (χ2v) is 3.88. The highest BCUT2D eigenvalue weighted by Gasteiger charge is 2.08. The van der Waals surface area contributed by atoms with Crippen LogP contribution in [0.3, 0.4) is 0 Å². The van der Waals surface area contributed by atoms with Gasteiger partial charge in [0.25, 0.3) is 0 Å². The fourth-order valence-corrected chi connectivity index (χ4v) is 1.63. The number of hydrogen-bond donors (Lipinski definition) is 1. The molecule has 0 bridgehead atoms. The Kier molecular flexibility index (Phi) is 4.30. The van der Waals surface area contributed by atoms with Crippen LogP contribution in [0.4, 0.5) is 4.39 Å². The summed E-state index contributed by atoms with van der Waals surface area (Å²) in [7, 11) is 1.52. The SMILES string of the molecule is COc1ncccc1COc1ccc(CO)cc1F. The van der Waals surface area contributed by atoms with Gasteiger partial charge in [-0.3, -0.25) is 0 Å². The van der Waals surface area contributed by atoms with Crippen molar-refractivity contribution in [2.75, 3.05) is 7.11 Å². The first-order chi connectivity index (χ1) is 9.24. The molecule has 1 heterocycles. The Morgan fingerprint density at radius 2 is 2.16 bits per heavy atom. The quantitative estimate of drug-likeness (QED) is 0.899. The molecule has 0 atom stereocenters. The van der Waals surface area contributed by atoms with Crippen LogP contribution in [0.5, 0.6) is 11.6 Å². The average Bonchev–Trinajstić information content (AvgIpc) is 2.46. The van der Waals surface area contributed by atoms with E-state index in [1.54, 1.807) is 24.4 Å². The van der Waals surface area contributed by atoms with Gasteiger partial charge in [-0.15, -0.1) is 0 Å². The van der Waals surface area contributed by atoms with Crippen molar-refractivity contribution < 1.29 is 19.0 Å². The lowest BCUT2D eigenvalue weighted by Gasteiger charge is -2.10. The molecule has 5 heteroatoms. The number of aliphatic hydroxyl groups excluding tert-OH is 1. The number of aromatic nitrogens is 1. The summed E-state index contributed by atoms with van der Waals surface area (Å²) in [5.74, 6) is 0.0763. The van der Waals surface area contributed by atoms with Crippen LogP contribution in [-0.4, -0.2) is 17.2 Å². The minimum atomic E-state index is -0.505. The Bertz CT molecular complexity index is 560. The highest BCUT2D eigenvalue weighted by Crippen LogP contribution is 2.21. The van der Waals surface area contributed by atoms with Gasteiger partial charge < -0.3 is 14.6 Å². The van der Waals surface area contributed by atoms with Crippen LogP contribution >= 0.6 is 0 Å². The summed E-state index contributed by atoms with van der Waals surface area (Å²) in [6, 6.07) is 7.90. The van der Waals surface area contributed by atoms with E-state index in [1.807, 2.05) is 0 Å². The van der Waals surface area contributed by atoms with E-state index in [2.05, 4.69) is 4.98 Å². The predicted octanol–water partition coefficient (Wildman–Crippen LogP) is 2.30. The first-order valence-corrected chi connectivity index (χ1v) is 5.74. The van der Waals surface area contributed by atoms with Crippen molar-refractivity contribution in [1.82, 2.24) is 4.98 Å². The third-order valence-corrected chi connectivity index (χ3v) is 2.61. The van der Waals surface area contributed by atoms with Crippen LogP contribution in [0.15, 0.2) is 36.5 Å². The number of nitrogens with zero attached hydrogens (tertiary/aromatic N) is 1. The molecule has 1 aromatic heterocycles. The lowest BCUT2D eigenvalue weighted by Crippen LogP contribution is -2.01. The number of halogens is 1. The Labute approximate surface area is 110 Å². The molecular weight excluding hydrogens is 249 g/mol. The zero-order valence-corrected chi connectivity index (χ0v) is 10.5. The molecule has 2 aromatic rings. The van der Waals surface area contributed by atoms with Crippen LogP contribution in [0.1, 0.15) is 11.1 Å². The molecule has 100 valence electrons. The molecule has 0 fully saturated rings. The van der Waals surface area contributed by atoms with Gasteiger partial charge in [0.15, 0.2) is 11.6 Å². The maximum atomic E-state index is 13.6. The summed E-state index contributed by atoms with van der Waals surface area (Å²) >= 11 is 0. The maximum absolute atomic E-state index is 13.6. The summed E-state index contributed by atoms with van der Waals surface area (Å²) < 4.78 is 24.1. The van der Waals surface area contributed by atoms with Gasteiger partial charge in [-0.2, -0.15) is 0 Å². The lowest BCUT2D eigenvalue weighted by molar-refractivity contribution is 0.273. The van der Waals surface area contributed by atoms with Crippen molar-refractivity contribution in [3.63, 3.8) is 0 Å². The minimum absolute atomic E-state index is 0.128. The molecule has 0 spiro atoms. The standard InChI is InChI=1S/C14H14FNO3/c1-18-14-11(3-2-6-16-14)9-19-13-5-4-10(8-17)7-12(13)15/h2-7,17H,8-9H2,1H3. The molecular formula is C14H14FNO3. The number of pyridine rings is 1. The Balaban J connectivity index is 2.10. The topological polar surface area (TPSA) is 51.6 Å². The lowest BCUT2D eigenvalue weighted by atomic mass is 10.2. The molecule has 0 aliphatic rings. The monoisotopic (exact) mass is 263 g/mol. The van der Waals surface area contributed by atoms with E-state index in [-0.39, 0.29) is 19.0 Å². The molecule has 1 aromatic carbocycles. The normalized spacial score (nSPS) is 10.3. The van der Waals surface area contributed by atoms with Gasteiger partial charge in [-0.25, -0.2) is 9.37 Å². The molecule has 0 radical (unpaired) electrons. The molecule has 0 unspecified atom stereocenters. The smallest absolute Gasteiger partial charge is 0.219 e. The van der Waals surface area contributed by atoms with Crippen LogP contribution in [0.25, 0.3) is 0 Å². The minimum Gasteiger partial charge on any atom is -0.486 e. The van der Waals surface area contributed by atoms with Gasteiger partial charge in [-0.05, 0) is 29.8 Å². The molecule has 0 saturated heterocycles. The molecule has 4 nitrogen and oxygen atoms in total. The highest BCUT2D eigenvalue weighted by molar-refractivity contribution is 5.30. The van der Waals surface area contributed by atoms with Crippen molar-refractivity contribution in [2.45, 2.75) is 13.2 Å². The molecule has 0 saturated carbocycles. The largest absolute Gasteiger partial charge is 0.486 e. The second kappa shape index (κ2) is 6.15. The van der Waals surface area contributed by atoms with Crippen LogP contribution < -0.4 is 9.47 Å². The van der Waals surface area contributed by atoms with Crippen LogP contribution in [-0.2, 0) is 13.2 Å². The second-order valence-electron chi connectivity index (χ2n) is 3.88. The van der Waals surface area contributed by atoms with E-state index in [1.165, 1.54) is 19.2 Å². The first-order valence-electron chi connectivity index (χ1n) is 5.74. The van der Waals surface area contributed by atoms with Crippen LogP contribution in [0, 0.1) is 5.82 Å². The maximum Gasteiger partial charge on any atom is 0.219 e. The zero-order valence-electron chi connectivity index (χ0n) is 10.5. The molecule has 0 aliphatic carbocycles. The number of hydrogen-bond acceptors (Lipinski definition) is 4. The third kappa shape index (κ3) is 3.20. The summed E-state index contributed by atoms with van der Waals surface area (Å²) in [6.45, 7) is -0.0416. The van der Waals surface area contributed by atoms with Crippen molar-refractivity contribution in [3.8, 4) is 11.6 Å². The molecule has 0 amide bonds. The summed E-state index contributed by atoms with van der Waals surface area (Å²) in [5.41, 5.74) is 1.24. The van der Waals surface area contributed by atoms with Crippen LogP contribution in [0.2, 0.25) is 0 Å². The van der Waals surface area contributed by atoms with E-state index in [9.17, 15) is 4.39 Å². The van der Waals surface area contributed by atoms with Gasteiger partial charge in [-0.1, -0.05) is 6.07 Å². The van der Waals surface area contributed by atoms with Gasteiger partial charge >= 0.3 is 0 Å². The fourth-order valence-electron chi connectivity index (χ4n) is 1.63. The summed E-state index contributed by atoms with van der Waals surface area (Å²) in [5, 5.41) is 8.90. The van der Waals surface area contributed by atoms with Gasteiger partial charge in [0.05, 0.1) is 19.3 Å². The Morgan fingerprint density at radius 1 is 1.32 bits per heavy atom. The van der Waals surface area contributed by atoms with E-state index in [0.29, 0.717) is 11.4 Å². The average molecular weight is 263 g/mol. The Hall–Kier alpha value is -2.14. The predicted molar refractivity (Wildman–Crippen MR) is 67.4 cm³/mol. The van der Waals surface area contributed by atoms with Crippen molar-refractivity contribution >= 4 is 0 Å². The third-order valence-electron chi connectivity index (χ3n) is 2.61. The highest BCUT2D eigenvalue weighted by atomic mass is 19.1. The fraction of sp³-hybridized carbons (Fsp3) is 0.214. The molecule has 0 aliphatic heterocycles. The number of benzene rings is 1. The van der Waals surface area contributed by atoms with Crippen molar-refractivity contribution in [3.05, 3.63) is 53.5 Å². The molecule has 19 heavy (non-hydrogen) atoms. The molecule has 2 rings (SSSR count). The van der Waals surface area contributed by atoms with Crippen molar-refractivity contribution in [2.24, 2.45) is 0 Å². The summed E-state index contributed by atoms with van der Waals surface area (Å²) in [4.78, 5) is 4.03. The Morgan fingerprint density at radius 3 is 2.84 bits per heavy atom. The number of rotatable bonds is 5. The number of ether oxygens (including phenoxy) is 2. The molecule has 1 N–H and O–H groups in total. The zero-order chi connectivity index (χ0) is 13.7. The van der Waals surface area contributed by atoms with E-state index in [4.69, 9.17) is 14.6 Å². The van der Waals surface area contributed by atoms with E-state index >= 15 is 0 Å². The van der Waals surface area contributed by atoms with Gasteiger partial charge in [0.2, 0.25) is 5.88 Å². The van der Waals surface area contributed by atoms with Gasteiger partial charge in [0, 0.05) is 6.20 Å². The van der Waals surface area contributed by atoms with Crippen molar-refractivity contribution in [1.29, 1.82) is 0 Å². The number of aliphatic hydroxyl groups is 1.